The SMILES string of the molecule is CC(C)CCCCCCCCCCC(=O)CCl. The van der Waals surface area contributed by atoms with E-state index in [-0.39, 0.29) is 11.7 Å². The van der Waals surface area contributed by atoms with E-state index in [0.717, 1.165) is 12.3 Å². The molecule has 0 bridgehead atoms. The van der Waals surface area contributed by atoms with Gasteiger partial charge in [-0.15, -0.1) is 11.6 Å². The first kappa shape index (κ1) is 17.0. The summed E-state index contributed by atoms with van der Waals surface area (Å²) in [6, 6.07) is 0. The van der Waals surface area contributed by atoms with Gasteiger partial charge in [0.1, 0.15) is 5.78 Å². The van der Waals surface area contributed by atoms with Crippen molar-refractivity contribution < 1.29 is 4.79 Å². The summed E-state index contributed by atoms with van der Waals surface area (Å²) in [5.74, 6) is 1.24. The molecule has 0 aliphatic rings. The van der Waals surface area contributed by atoms with Crippen LogP contribution >= 0.6 is 11.6 Å². The van der Waals surface area contributed by atoms with E-state index in [0.29, 0.717) is 6.42 Å². The van der Waals surface area contributed by atoms with Crippen molar-refractivity contribution in [2.75, 3.05) is 5.88 Å². The van der Waals surface area contributed by atoms with Crippen molar-refractivity contribution in [3.63, 3.8) is 0 Å². The Kier molecular flexibility index (Phi) is 12.4. The molecule has 0 aromatic rings. The Morgan fingerprint density at radius 1 is 0.882 bits per heavy atom. The van der Waals surface area contributed by atoms with Gasteiger partial charge in [-0.25, -0.2) is 0 Å². The number of alkyl halides is 1. The lowest BCUT2D eigenvalue weighted by atomic mass is 10.0. The van der Waals surface area contributed by atoms with E-state index in [1.165, 1.54) is 51.4 Å². The molecule has 0 heterocycles. The van der Waals surface area contributed by atoms with Gasteiger partial charge in [0, 0.05) is 6.42 Å². The third-order valence-electron chi connectivity index (χ3n) is 3.14. The number of carbonyl (C=O) groups excluding carboxylic acids is 1. The molecule has 0 saturated carbocycles. The maximum atomic E-state index is 10.9. The van der Waals surface area contributed by atoms with Crippen molar-refractivity contribution in [2.45, 2.75) is 78.1 Å². The van der Waals surface area contributed by atoms with Crippen LogP contribution in [0.25, 0.3) is 0 Å². The Balaban J connectivity index is 3.01. The van der Waals surface area contributed by atoms with Crippen LogP contribution in [0.5, 0.6) is 0 Å². The van der Waals surface area contributed by atoms with Crippen LogP contribution in [0, 0.1) is 5.92 Å². The first-order valence-corrected chi connectivity index (χ1v) is 7.78. The average molecular weight is 261 g/mol. The van der Waals surface area contributed by atoms with Gasteiger partial charge >= 0.3 is 0 Å². The Morgan fingerprint density at radius 3 is 1.82 bits per heavy atom. The fourth-order valence-corrected chi connectivity index (χ4v) is 2.14. The zero-order valence-electron chi connectivity index (χ0n) is 11.6. The standard InChI is InChI=1S/C15H29ClO/c1-14(2)11-9-7-5-3-4-6-8-10-12-15(17)13-16/h14H,3-13H2,1-2H3. The van der Waals surface area contributed by atoms with Gasteiger partial charge in [-0.3, -0.25) is 4.79 Å². The molecule has 0 spiro atoms. The predicted octanol–water partition coefficient (Wildman–Crippen LogP) is 5.35. The highest BCUT2D eigenvalue weighted by atomic mass is 35.5. The minimum absolute atomic E-state index is 0.190. The van der Waals surface area contributed by atoms with Gasteiger partial charge in [0.25, 0.3) is 0 Å². The van der Waals surface area contributed by atoms with Gasteiger partial charge in [0.2, 0.25) is 0 Å². The molecular weight excluding hydrogens is 232 g/mol. The second-order valence-corrected chi connectivity index (χ2v) is 5.70. The predicted molar refractivity (Wildman–Crippen MR) is 76.7 cm³/mol. The Labute approximate surface area is 112 Å². The topological polar surface area (TPSA) is 17.1 Å². The van der Waals surface area contributed by atoms with Crippen LogP contribution in [-0.2, 0) is 4.79 Å². The Hall–Kier alpha value is -0.0400. The van der Waals surface area contributed by atoms with E-state index >= 15 is 0 Å². The number of carbonyl (C=O) groups is 1. The maximum absolute atomic E-state index is 10.9. The molecule has 0 amide bonds. The number of rotatable bonds is 12. The highest BCUT2D eigenvalue weighted by molar-refractivity contribution is 6.27. The second-order valence-electron chi connectivity index (χ2n) is 5.43. The van der Waals surface area contributed by atoms with Crippen molar-refractivity contribution in [1.29, 1.82) is 0 Å². The van der Waals surface area contributed by atoms with Crippen LogP contribution in [0.1, 0.15) is 78.1 Å². The van der Waals surface area contributed by atoms with Crippen LogP contribution in [-0.4, -0.2) is 11.7 Å². The molecule has 1 nitrogen and oxygen atoms in total. The van der Waals surface area contributed by atoms with Gasteiger partial charge in [-0.05, 0) is 12.3 Å². The van der Waals surface area contributed by atoms with Gasteiger partial charge in [-0.1, -0.05) is 65.2 Å². The first-order valence-electron chi connectivity index (χ1n) is 7.24. The van der Waals surface area contributed by atoms with Crippen molar-refractivity contribution in [1.82, 2.24) is 0 Å². The summed E-state index contributed by atoms with van der Waals surface area (Å²) in [4.78, 5) is 10.9. The monoisotopic (exact) mass is 260 g/mol. The minimum atomic E-state index is 0.190. The minimum Gasteiger partial charge on any atom is -0.298 e. The third kappa shape index (κ3) is 13.9. The molecule has 0 rings (SSSR count). The van der Waals surface area contributed by atoms with Crippen LogP contribution < -0.4 is 0 Å². The van der Waals surface area contributed by atoms with Gasteiger partial charge in [-0.2, -0.15) is 0 Å². The zero-order valence-corrected chi connectivity index (χ0v) is 12.4. The van der Waals surface area contributed by atoms with E-state index < -0.39 is 0 Å². The average Bonchev–Trinajstić information content (AvgIpc) is 2.30. The van der Waals surface area contributed by atoms with Crippen molar-refractivity contribution in [3.05, 3.63) is 0 Å². The molecule has 0 aliphatic carbocycles. The van der Waals surface area contributed by atoms with E-state index in [1.54, 1.807) is 0 Å². The largest absolute Gasteiger partial charge is 0.298 e. The van der Waals surface area contributed by atoms with Gasteiger partial charge < -0.3 is 0 Å². The molecule has 0 saturated heterocycles. The van der Waals surface area contributed by atoms with E-state index in [9.17, 15) is 4.79 Å². The van der Waals surface area contributed by atoms with E-state index in [2.05, 4.69) is 13.8 Å². The highest BCUT2D eigenvalue weighted by Crippen LogP contribution is 2.13. The quantitative estimate of drug-likeness (QED) is 0.341. The van der Waals surface area contributed by atoms with Crippen LogP contribution in [0.2, 0.25) is 0 Å². The zero-order chi connectivity index (χ0) is 12.9. The van der Waals surface area contributed by atoms with Crippen LogP contribution in [0.15, 0.2) is 0 Å². The van der Waals surface area contributed by atoms with Crippen LogP contribution in [0.3, 0.4) is 0 Å². The summed E-state index contributed by atoms with van der Waals surface area (Å²) in [6.45, 7) is 4.59. The summed E-state index contributed by atoms with van der Waals surface area (Å²) in [5, 5.41) is 0. The van der Waals surface area contributed by atoms with Crippen molar-refractivity contribution in [2.24, 2.45) is 5.92 Å². The van der Waals surface area contributed by atoms with Crippen molar-refractivity contribution in [3.8, 4) is 0 Å². The van der Waals surface area contributed by atoms with Gasteiger partial charge in [0.15, 0.2) is 0 Å². The molecule has 0 N–H and O–H groups in total. The fourth-order valence-electron chi connectivity index (χ4n) is 2.00. The number of halogens is 1. The van der Waals surface area contributed by atoms with E-state index in [1.807, 2.05) is 0 Å². The lowest BCUT2D eigenvalue weighted by molar-refractivity contribution is -0.116. The summed E-state index contributed by atoms with van der Waals surface area (Å²) in [6.07, 6.45) is 12.4. The molecule has 102 valence electrons. The molecule has 0 radical (unpaired) electrons. The molecule has 17 heavy (non-hydrogen) atoms. The molecule has 0 aromatic heterocycles. The number of hydrogen-bond acceptors (Lipinski definition) is 1. The smallest absolute Gasteiger partial charge is 0.147 e. The second kappa shape index (κ2) is 12.4. The Morgan fingerprint density at radius 2 is 1.35 bits per heavy atom. The molecular formula is C15H29ClO. The fraction of sp³-hybridized carbons (Fsp3) is 0.933. The molecule has 0 aliphatic heterocycles. The summed E-state index contributed by atoms with van der Waals surface area (Å²) >= 11 is 5.44. The van der Waals surface area contributed by atoms with Crippen LogP contribution in [0.4, 0.5) is 0 Å². The summed E-state index contributed by atoms with van der Waals surface area (Å²) < 4.78 is 0. The number of unbranched alkanes of at least 4 members (excludes halogenated alkanes) is 7. The van der Waals surface area contributed by atoms with Crippen molar-refractivity contribution >= 4 is 17.4 Å². The summed E-state index contributed by atoms with van der Waals surface area (Å²) in [5.41, 5.74) is 0. The lowest BCUT2D eigenvalue weighted by Crippen LogP contribution is -1.98. The molecule has 0 aromatic carbocycles. The lowest BCUT2D eigenvalue weighted by Gasteiger charge is -2.04. The maximum Gasteiger partial charge on any atom is 0.147 e. The first-order chi connectivity index (χ1) is 8.16. The Bertz CT molecular complexity index is 178. The van der Waals surface area contributed by atoms with E-state index in [4.69, 9.17) is 11.6 Å². The summed E-state index contributed by atoms with van der Waals surface area (Å²) in [7, 11) is 0. The molecule has 0 unspecified atom stereocenters. The molecule has 2 heteroatoms. The van der Waals surface area contributed by atoms with Gasteiger partial charge in [0.05, 0.1) is 5.88 Å². The normalized spacial score (nSPS) is 11.1. The number of ketones is 1. The molecule has 0 fully saturated rings. The third-order valence-corrected chi connectivity index (χ3v) is 3.43. The highest BCUT2D eigenvalue weighted by Gasteiger charge is 1.99. The number of hydrogen-bond donors (Lipinski definition) is 0. The number of Topliss-reactive ketones (excluding diaryl/α,β-unsaturated/α-hetero) is 1. The molecule has 0 atom stereocenters.